The highest BCUT2D eigenvalue weighted by Gasteiger charge is 2.31. The van der Waals surface area contributed by atoms with Crippen molar-refractivity contribution in [1.82, 2.24) is 25.9 Å². The van der Waals surface area contributed by atoms with Gasteiger partial charge in [0.25, 0.3) is 0 Å². The van der Waals surface area contributed by atoms with E-state index in [4.69, 9.17) is 10.8 Å². The number of carboxylic acids is 1. The summed E-state index contributed by atoms with van der Waals surface area (Å²) in [6, 6.07) is -2.75. The highest BCUT2D eigenvalue weighted by molar-refractivity contribution is 5.94. The number of aromatic nitrogens is 2. The van der Waals surface area contributed by atoms with Crippen molar-refractivity contribution in [3.63, 3.8) is 0 Å². The number of carboxylic acid groups (broad SMARTS) is 1. The quantitative estimate of drug-likeness (QED) is 0.253. The van der Waals surface area contributed by atoms with E-state index in [0.29, 0.717) is 12.1 Å². The second-order valence-electron chi connectivity index (χ2n) is 7.60. The maximum atomic E-state index is 13.0. The summed E-state index contributed by atoms with van der Waals surface area (Å²) in [6.07, 6.45) is 3.67. The molecule has 0 saturated heterocycles. The third-order valence-corrected chi connectivity index (χ3v) is 4.84. The zero-order valence-corrected chi connectivity index (χ0v) is 17.8. The Bertz CT molecular complexity index is 721. The van der Waals surface area contributed by atoms with Gasteiger partial charge in [-0.1, -0.05) is 34.1 Å². The molecule has 1 rings (SSSR count). The lowest BCUT2D eigenvalue weighted by molar-refractivity contribution is -0.139. The van der Waals surface area contributed by atoms with Crippen LogP contribution in [0.25, 0.3) is 0 Å². The van der Waals surface area contributed by atoms with Gasteiger partial charge in [-0.05, 0) is 11.8 Å². The number of nitrogens with two attached hydrogens (primary N) is 1. The molecule has 0 aromatic carbocycles. The van der Waals surface area contributed by atoms with Gasteiger partial charge in [-0.25, -0.2) is 4.98 Å². The summed E-state index contributed by atoms with van der Waals surface area (Å²) >= 11 is 0. The second kappa shape index (κ2) is 11.9. The lowest BCUT2D eigenvalue weighted by atomic mass is 9.97. The first-order valence-electron chi connectivity index (χ1n) is 9.89. The number of amides is 3. The van der Waals surface area contributed by atoms with Crippen molar-refractivity contribution in [2.45, 2.75) is 58.7 Å². The molecule has 3 amide bonds. The van der Waals surface area contributed by atoms with E-state index in [1.807, 2.05) is 6.92 Å². The largest absolute Gasteiger partial charge is 0.480 e. The Kier molecular flexibility index (Phi) is 9.96. The molecule has 7 N–H and O–H groups in total. The van der Waals surface area contributed by atoms with E-state index in [-0.39, 0.29) is 18.3 Å². The maximum absolute atomic E-state index is 13.0. The Labute approximate surface area is 175 Å². The van der Waals surface area contributed by atoms with Gasteiger partial charge >= 0.3 is 5.97 Å². The minimum absolute atomic E-state index is 0.117. The third kappa shape index (κ3) is 7.82. The van der Waals surface area contributed by atoms with E-state index in [1.165, 1.54) is 12.5 Å². The smallest absolute Gasteiger partial charge is 0.322 e. The first-order chi connectivity index (χ1) is 14.1. The van der Waals surface area contributed by atoms with Gasteiger partial charge in [-0.15, -0.1) is 0 Å². The fourth-order valence-electron chi connectivity index (χ4n) is 2.62. The molecule has 168 valence electrons. The fraction of sp³-hybridized carbons (Fsp3) is 0.632. The molecule has 4 unspecified atom stereocenters. The van der Waals surface area contributed by atoms with Crippen LogP contribution in [0.2, 0.25) is 0 Å². The van der Waals surface area contributed by atoms with E-state index in [0.717, 1.165) is 0 Å². The average Bonchev–Trinajstić information content (AvgIpc) is 3.21. The van der Waals surface area contributed by atoms with E-state index >= 15 is 0 Å². The average molecular weight is 425 g/mol. The lowest BCUT2D eigenvalue weighted by Gasteiger charge is -2.27. The minimum Gasteiger partial charge on any atom is -0.480 e. The van der Waals surface area contributed by atoms with Crippen LogP contribution in [0.4, 0.5) is 0 Å². The van der Waals surface area contributed by atoms with Crippen molar-refractivity contribution in [2.24, 2.45) is 17.6 Å². The molecule has 0 saturated carbocycles. The number of carbonyl (C=O) groups is 4. The molecule has 0 aliphatic carbocycles. The molecule has 4 atom stereocenters. The topological polar surface area (TPSA) is 179 Å². The SMILES string of the molecule is CCC(C)C(NC(=O)C(Cc1cnc[nH]1)NC(=O)C(N)C(C)C)C(=O)NCC(=O)O. The summed E-state index contributed by atoms with van der Waals surface area (Å²) in [6.45, 7) is 6.64. The highest BCUT2D eigenvalue weighted by Crippen LogP contribution is 2.10. The Balaban J connectivity index is 2.99. The third-order valence-electron chi connectivity index (χ3n) is 4.84. The number of aliphatic carboxylic acids is 1. The van der Waals surface area contributed by atoms with Crippen molar-refractivity contribution in [3.05, 3.63) is 18.2 Å². The molecule has 30 heavy (non-hydrogen) atoms. The van der Waals surface area contributed by atoms with Crippen LogP contribution in [0.3, 0.4) is 0 Å². The second-order valence-corrected chi connectivity index (χ2v) is 7.60. The predicted molar refractivity (Wildman–Crippen MR) is 109 cm³/mol. The van der Waals surface area contributed by atoms with Crippen LogP contribution < -0.4 is 21.7 Å². The van der Waals surface area contributed by atoms with Crippen LogP contribution in [0.15, 0.2) is 12.5 Å². The first-order valence-corrected chi connectivity index (χ1v) is 9.89. The molecule has 0 aliphatic heterocycles. The molecule has 0 fully saturated rings. The predicted octanol–water partition coefficient (Wildman–Crippen LogP) is -0.848. The molecule has 1 aromatic heterocycles. The van der Waals surface area contributed by atoms with Gasteiger partial charge in [-0.2, -0.15) is 0 Å². The van der Waals surface area contributed by atoms with E-state index in [1.54, 1.807) is 20.8 Å². The van der Waals surface area contributed by atoms with E-state index in [9.17, 15) is 19.2 Å². The molecule has 11 nitrogen and oxygen atoms in total. The zero-order chi connectivity index (χ0) is 22.8. The summed E-state index contributed by atoms with van der Waals surface area (Å²) in [5.41, 5.74) is 6.50. The lowest BCUT2D eigenvalue weighted by Crippen LogP contribution is -2.58. The summed E-state index contributed by atoms with van der Waals surface area (Å²) in [7, 11) is 0. The van der Waals surface area contributed by atoms with Gasteiger partial charge in [0.2, 0.25) is 17.7 Å². The Morgan fingerprint density at radius 3 is 2.30 bits per heavy atom. The van der Waals surface area contributed by atoms with Gasteiger partial charge in [0.05, 0.1) is 12.4 Å². The normalized spacial score (nSPS) is 15.0. The van der Waals surface area contributed by atoms with Gasteiger partial charge in [0.15, 0.2) is 0 Å². The molecule has 1 aromatic rings. The number of aromatic amines is 1. The molecule has 0 radical (unpaired) electrons. The molecule has 11 heteroatoms. The summed E-state index contributed by atoms with van der Waals surface area (Å²) in [5, 5.41) is 16.3. The molecular formula is C19H32N6O5. The molecule has 0 bridgehead atoms. The summed E-state index contributed by atoms with van der Waals surface area (Å²) < 4.78 is 0. The summed E-state index contributed by atoms with van der Waals surface area (Å²) in [5.74, 6) is -3.25. The van der Waals surface area contributed by atoms with E-state index < -0.39 is 48.4 Å². The van der Waals surface area contributed by atoms with Crippen molar-refractivity contribution < 1.29 is 24.3 Å². The Morgan fingerprint density at radius 2 is 1.80 bits per heavy atom. The van der Waals surface area contributed by atoms with Crippen LogP contribution in [0.5, 0.6) is 0 Å². The van der Waals surface area contributed by atoms with Crippen LogP contribution in [-0.4, -0.2) is 63.4 Å². The Morgan fingerprint density at radius 1 is 1.13 bits per heavy atom. The first kappa shape index (κ1) is 25.1. The molecule has 0 aliphatic rings. The standard InChI is InChI=1S/C19H32N6O5/c1-5-11(4)16(19(30)22-8-14(26)27)25-17(28)13(6-12-7-21-9-23-12)24-18(29)15(20)10(2)3/h7,9-11,13,15-16H,5-6,8,20H2,1-4H3,(H,21,23)(H,22,30)(H,24,29)(H,25,28)(H,26,27). The van der Waals surface area contributed by atoms with Crippen LogP contribution in [0, 0.1) is 11.8 Å². The number of carbonyl (C=O) groups excluding carboxylic acids is 3. The number of hydrogen-bond acceptors (Lipinski definition) is 6. The van der Waals surface area contributed by atoms with Crippen LogP contribution in [-0.2, 0) is 25.6 Å². The molecule has 0 spiro atoms. The Hall–Kier alpha value is -2.95. The van der Waals surface area contributed by atoms with Gasteiger partial charge in [0, 0.05) is 18.3 Å². The van der Waals surface area contributed by atoms with Crippen molar-refractivity contribution in [2.75, 3.05) is 6.54 Å². The van der Waals surface area contributed by atoms with Crippen molar-refractivity contribution in [1.29, 1.82) is 0 Å². The maximum Gasteiger partial charge on any atom is 0.322 e. The fourth-order valence-corrected chi connectivity index (χ4v) is 2.62. The van der Waals surface area contributed by atoms with Gasteiger partial charge < -0.3 is 31.8 Å². The minimum atomic E-state index is -1.19. The molecule has 1 heterocycles. The number of imidazole rings is 1. The highest BCUT2D eigenvalue weighted by atomic mass is 16.4. The number of hydrogen-bond donors (Lipinski definition) is 6. The van der Waals surface area contributed by atoms with Crippen LogP contribution >= 0.6 is 0 Å². The van der Waals surface area contributed by atoms with Gasteiger partial charge in [-0.3, -0.25) is 19.2 Å². The number of H-pyrrole nitrogens is 1. The van der Waals surface area contributed by atoms with Crippen molar-refractivity contribution in [3.8, 4) is 0 Å². The van der Waals surface area contributed by atoms with Crippen LogP contribution in [0.1, 0.15) is 39.8 Å². The van der Waals surface area contributed by atoms with Gasteiger partial charge in [0.1, 0.15) is 18.6 Å². The summed E-state index contributed by atoms with van der Waals surface area (Å²) in [4.78, 5) is 55.4. The monoisotopic (exact) mass is 424 g/mol. The zero-order valence-electron chi connectivity index (χ0n) is 17.8. The van der Waals surface area contributed by atoms with E-state index in [2.05, 4.69) is 25.9 Å². The number of nitrogens with one attached hydrogen (secondary N) is 4. The number of rotatable bonds is 12. The van der Waals surface area contributed by atoms with Crippen molar-refractivity contribution >= 4 is 23.7 Å². The molecular weight excluding hydrogens is 392 g/mol. The number of nitrogens with zero attached hydrogens (tertiary/aromatic N) is 1.